The van der Waals surface area contributed by atoms with Gasteiger partial charge in [0.1, 0.15) is 5.69 Å². The highest BCUT2D eigenvalue weighted by Gasteiger charge is 2.16. The van der Waals surface area contributed by atoms with Gasteiger partial charge in [-0.1, -0.05) is 13.3 Å². The number of nitrogens with zero attached hydrogens (tertiary/aromatic N) is 1. The molecular weight excluding hydrogens is 278 g/mol. The molecule has 1 rings (SSSR count). The van der Waals surface area contributed by atoms with E-state index in [-0.39, 0.29) is 12.3 Å². The Hall–Kier alpha value is -1.31. The number of rotatable bonds is 9. The molecule has 1 atom stereocenters. The Labute approximate surface area is 123 Å². The van der Waals surface area contributed by atoms with Crippen molar-refractivity contribution in [2.24, 2.45) is 11.1 Å². The molecule has 20 heavy (non-hydrogen) atoms. The lowest BCUT2D eigenvalue weighted by molar-refractivity contribution is -0.384. The van der Waals surface area contributed by atoms with E-state index in [0.717, 1.165) is 24.8 Å². The average Bonchev–Trinajstić information content (AvgIpc) is 2.45. The number of nitro benzene ring substituents is 1. The summed E-state index contributed by atoms with van der Waals surface area (Å²) in [5, 5.41) is 28.6. The van der Waals surface area contributed by atoms with Crippen LogP contribution in [0.3, 0.4) is 0 Å². The predicted octanol–water partition coefficient (Wildman–Crippen LogP) is 2.77. The number of hydrogen-bond acceptors (Lipinski definition) is 6. The molecule has 0 amide bonds. The number of nitro groups is 1. The molecule has 0 radical (unpaired) electrons. The van der Waals surface area contributed by atoms with Crippen molar-refractivity contribution in [3.8, 4) is 0 Å². The first kappa shape index (κ1) is 16.7. The molecular formula is C13H21N3O3S. The fraction of sp³-hybridized carbons (Fsp3) is 0.538. The highest BCUT2D eigenvalue weighted by atomic mass is 32.2. The third-order valence-corrected chi connectivity index (χ3v) is 3.64. The first-order chi connectivity index (χ1) is 9.62. The minimum atomic E-state index is -0.414. The first-order valence-electron chi connectivity index (χ1n) is 6.62. The summed E-state index contributed by atoms with van der Waals surface area (Å²) < 4.78 is 0. The minimum Gasteiger partial charge on any atom is -0.396 e. The molecule has 0 saturated carbocycles. The van der Waals surface area contributed by atoms with Gasteiger partial charge in [0.25, 0.3) is 5.69 Å². The molecule has 1 aromatic carbocycles. The lowest BCUT2D eigenvalue weighted by Gasteiger charge is -2.16. The van der Waals surface area contributed by atoms with Gasteiger partial charge in [-0.2, -0.15) is 0 Å². The fourth-order valence-corrected chi connectivity index (χ4v) is 2.41. The van der Waals surface area contributed by atoms with Crippen molar-refractivity contribution < 1.29 is 10.0 Å². The summed E-state index contributed by atoms with van der Waals surface area (Å²) in [5.74, 6) is 0.313. The molecule has 0 aromatic heterocycles. The van der Waals surface area contributed by atoms with E-state index in [2.05, 4.69) is 12.2 Å². The molecule has 0 unspecified atom stereocenters. The van der Waals surface area contributed by atoms with Gasteiger partial charge in [0.2, 0.25) is 0 Å². The second-order valence-electron chi connectivity index (χ2n) is 4.60. The molecule has 112 valence electrons. The molecule has 0 spiro atoms. The molecule has 0 fully saturated rings. The zero-order valence-electron chi connectivity index (χ0n) is 11.5. The quantitative estimate of drug-likeness (QED) is 0.368. The van der Waals surface area contributed by atoms with Crippen molar-refractivity contribution in [2.45, 2.75) is 31.1 Å². The molecule has 0 aliphatic heterocycles. The Bertz CT molecular complexity index is 437. The summed E-state index contributed by atoms with van der Waals surface area (Å²) in [5.41, 5.74) is 0.520. The Morgan fingerprint density at radius 1 is 1.50 bits per heavy atom. The molecule has 0 aliphatic rings. The second-order valence-corrected chi connectivity index (χ2v) is 5.31. The number of benzene rings is 1. The third kappa shape index (κ3) is 4.99. The molecule has 7 heteroatoms. The molecule has 0 bridgehead atoms. The largest absolute Gasteiger partial charge is 0.396 e. The molecule has 6 nitrogen and oxygen atoms in total. The van der Waals surface area contributed by atoms with Gasteiger partial charge < -0.3 is 10.4 Å². The van der Waals surface area contributed by atoms with Crippen LogP contribution >= 0.6 is 11.9 Å². The maximum atomic E-state index is 11.1. The van der Waals surface area contributed by atoms with E-state index < -0.39 is 4.92 Å². The Morgan fingerprint density at radius 2 is 2.25 bits per heavy atom. The topological polar surface area (TPSA) is 101 Å². The Balaban J connectivity index is 2.77. The van der Waals surface area contributed by atoms with Crippen molar-refractivity contribution in [3.05, 3.63) is 28.3 Å². The smallest absolute Gasteiger partial charge is 0.293 e. The third-order valence-electron chi connectivity index (χ3n) is 3.12. The maximum Gasteiger partial charge on any atom is 0.293 e. The average molecular weight is 299 g/mol. The van der Waals surface area contributed by atoms with E-state index in [1.165, 1.54) is 6.07 Å². The van der Waals surface area contributed by atoms with Crippen LogP contribution in [-0.2, 0) is 0 Å². The zero-order chi connectivity index (χ0) is 15.0. The number of anilines is 1. The van der Waals surface area contributed by atoms with Crippen LogP contribution in [0, 0.1) is 16.0 Å². The number of aliphatic hydroxyl groups is 1. The van der Waals surface area contributed by atoms with E-state index in [1.54, 1.807) is 12.1 Å². The first-order valence-corrected chi connectivity index (χ1v) is 7.50. The SMILES string of the molecule is CCC[C@H](CCO)CNc1ccc(SN)cc1[N+](=O)[O-]. The van der Waals surface area contributed by atoms with Gasteiger partial charge in [-0.05, 0) is 42.8 Å². The van der Waals surface area contributed by atoms with Gasteiger partial charge in [-0.25, -0.2) is 0 Å². The lowest BCUT2D eigenvalue weighted by Crippen LogP contribution is -2.16. The zero-order valence-corrected chi connectivity index (χ0v) is 12.4. The number of nitrogens with one attached hydrogen (secondary N) is 1. The van der Waals surface area contributed by atoms with Crippen molar-refractivity contribution in [1.29, 1.82) is 0 Å². The van der Waals surface area contributed by atoms with Crippen LogP contribution in [0.15, 0.2) is 23.1 Å². The summed E-state index contributed by atoms with van der Waals surface area (Å²) in [6.07, 6.45) is 2.71. The normalized spacial score (nSPS) is 12.2. The molecule has 0 heterocycles. The highest BCUT2D eigenvalue weighted by molar-refractivity contribution is 7.97. The summed E-state index contributed by atoms with van der Waals surface area (Å²) in [4.78, 5) is 11.3. The van der Waals surface area contributed by atoms with Gasteiger partial charge in [0.05, 0.1) is 4.92 Å². The van der Waals surface area contributed by atoms with Crippen molar-refractivity contribution in [2.75, 3.05) is 18.5 Å². The molecule has 4 N–H and O–H groups in total. The van der Waals surface area contributed by atoms with Crippen molar-refractivity contribution >= 4 is 23.3 Å². The van der Waals surface area contributed by atoms with Crippen LogP contribution in [0.25, 0.3) is 0 Å². The maximum absolute atomic E-state index is 11.1. The van der Waals surface area contributed by atoms with Gasteiger partial charge in [0, 0.05) is 24.1 Å². The minimum absolute atomic E-state index is 0.0275. The van der Waals surface area contributed by atoms with E-state index in [9.17, 15) is 10.1 Å². The van der Waals surface area contributed by atoms with Gasteiger partial charge >= 0.3 is 0 Å². The monoisotopic (exact) mass is 299 g/mol. The summed E-state index contributed by atoms with van der Waals surface area (Å²) in [7, 11) is 0. The van der Waals surface area contributed by atoms with Crippen LogP contribution in [-0.4, -0.2) is 23.2 Å². The van der Waals surface area contributed by atoms with Crippen LogP contribution in [0.4, 0.5) is 11.4 Å². The van der Waals surface area contributed by atoms with E-state index in [0.29, 0.717) is 29.5 Å². The summed E-state index contributed by atoms with van der Waals surface area (Å²) in [6.45, 7) is 2.83. The van der Waals surface area contributed by atoms with E-state index in [4.69, 9.17) is 10.2 Å². The van der Waals surface area contributed by atoms with E-state index in [1.807, 2.05) is 0 Å². The second kappa shape index (κ2) is 8.78. The summed E-state index contributed by atoms with van der Waals surface area (Å²) >= 11 is 0.984. The number of nitrogens with two attached hydrogens (primary N) is 1. The Morgan fingerprint density at radius 3 is 2.80 bits per heavy atom. The molecule has 0 saturated heterocycles. The molecule has 0 aliphatic carbocycles. The predicted molar refractivity (Wildman–Crippen MR) is 81.7 cm³/mol. The van der Waals surface area contributed by atoms with Crippen LogP contribution < -0.4 is 10.5 Å². The van der Waals surface area contributed by atoms with E-state index >= 15 is 0 Å². The summed E-state index contributed by atoms with van der Waals surface area (Å²) in [6, 6.07) is 4.89. The van der Waals surface area contributed by atoms with Crippen LogP contribution in [0.1, 0.15) is 26.2 Å². The van der Waals surface area contributed by atoms with Gasteiger partial charge in [0.15, 0.2) is 0 Å². The number of aliphatic hydroxyl groups excluding tert-OH is 1. The highest BCUT2D eigenvalue weighted by Crippen LogP contribution is 2.29. The van der Waals surface area contributed by atoms with Gasteiger partial charge in [-0.3, -0.25) is 15.3 Å². The van der Waals surface area contributed by atoms with Crippen molar-refractivity contribution in [3.63, 3.8) is 0 Å². The Kier molecular flexibility index (Phi) is 7.35. The fourth-order valence-electron chi connectivity index (χ4n) is 2.08. The van der Waals surface area contributed by atoms with Crippen LogP contribution in [0.2, 0.25) is 0 Å². The standard InChI is InChI=1S/C13H21N3O3S/c1-2-3-10(6-7-17)9-15-12-5-4-11(20-14)8-13(12)16(18)19/h4-5,8,10,15,17H,2-3,6-7,9,14H2,1H3/t10-/m1/s1. The van der Waals surface area contributed by atoms with Crippen molar-refractivity contribution in [1.82, 2.24) is 0 Å². The van der Waals surface area contributed by atoms with Crippen LogP contribution in [0.5, 0.6) is 0 Å². The van der Waals surface area contributed by atoms with Gasteiger partial charge in [-0.15, -0.1) is 0 Å². The number of hydrogen-bond donors (Lipinski definition) is 3. The molecule has 1 aromatic rings. The lowest BCUT2D eigenvalue weighted by atomic mass is 10.00.